The molecule has 1 aromatic carbocycles. The van der Waals surface area contributed by atoms with Gasteiger partial charge in [0.05, 0.1) is 6.54 Å². The molecule has 0 aliphatic rings. The first-order valence-corrected chi connectivity index (χ1v) is 7.90. The first kappa shape index (κ1) is 19.8. The van der Waals surface area contributed by atoms with Gasteiger partial charge in [-0.15, -0.1) is 24.0 Å². The van der Waals surface area contributed by atoms with Crippen LogP contribution < -0.4 is 10.6 Å². The van der Waals surface area contributed by atoms with Crippen molar-refractivity contribution in [2.75, 3.05) is 19.6 Å². The van der Waals surface area contributed by atoms with Gasteiger partial charge in [0.15, 0.2) is 5.96 Å². The predicted molar refractivity (Wildman–Crippen MR) is 107 cm³/mol. The average molecular weight is 448 g/mol. The molecule has 0 atom stereocenters. The Morgan fingerprint density at radius 3 is 2.78 bits per heavy atom. The Hall–Kier alpha value is -1.28. The van der Waals surface area contributed by atoms with Crippen LogP contribution in [0, 0.1) is 0 Å². The van der Waals surface area contributed by atoms with Gasteiger partial charge < -0.3 is 10.6 Å². The van der Waals surface area contributed by atoms with Crippen LogP contribution >= 0.6 is 35.6 Å². The van der Waals surface area contributed by atoms with E-state index in [9.17, 15) is 0 Å². The lowest BCUT2D eigenvalue weighted by molar-refractivity contribution is 0.598. The molecule has 1 heterocycles. The van der Waals surface area contributed by atoms with Crippen molar-refractivity contribution in [3.8, 4) is 0 Å². The fourth-order valence-corrected chi connectivity index (χ4v) is 2.28. The molecule has 2 N–H and O–H groups in total. The maximum Gasteiger partial charge on any atom is 0.191 e. The zero-order valence-electron chi connectivity index (χ0n) is 13.2. The summed E-state index contributed by atoms with van der Waals surface area (Å²) in [5.41, 5.74) is 1.13. The van der Waals surface area contributed by atoms with Crippen LogP contribution in [0.25, 0.3) is 0 Å². The van der Waals surface area contributed by atoms with Crippen molar-refractivity contribution in [1.29, 1.82) is 0 Å². The summed E-state index contributed by atoms with van der Waals surface area (Å²) in [4.78, 5) is 4.57. The molecular formula is C16H23ClIN5. The van der Waals surface area contributed by atoms with Gasteiger partial charge in [-0.05, 0) is 31.0 Å². The van der Waals surface area contributed by atoms with Crippen LogP contribution in [0.4, 0.5) is 0 Å². The largest absolute Gasteiger partial charge is 0.357 e. The standard InChI is InChI=1S/C16H22ClN5.HI/c1-2-18-16(20-11-13-22-12-5-9-21-22)19-10-8-14-6-3-4-7-15(14)17;/h3-7,9,12H,2,8,10-11,13H2,1H3,(H2,18,19,20);1H. The first-order valence-electron chi connectivity index (χ1n) is 7.52. The van der Waals surface area contributed by atoms with Gasteiger partial charge in [0.1, 0.15) is 0 Å². The Labute approximate surface area is 159 Å². The highest BCUT2D eigenvalue weighted by Gasteiger charge is 2.00. The van der Waals surface area contributed by atoms with Gasteiger partial charge >= 0.3 is 0 Å². The van der Waals surface area contributed by atoms with E-state index in [1.165, 1.54) is 0 Å². The number of aromatic nitrogens is 2. The Morgan fingerprint density at radius 1 is 1.26 bits per heavy atom. The van der Waals surface area contributed by atoms with Crippen molar-refractivity contribution >= 4 is 41.5 Å². The number of rotatable bonds is 7. The van der Waals surface area contributed by atoms with Crippen LogP contribution in [-0.2, 0) is 13.0 Å². The Morgan fingerprint density at radius 2 is 2.09 bits per heavy atom. The smallest absolute Gasteiger partial charge is 0.191 e. The lowest BCUT2D eigenvalue weighted by Gasteiger charge is -2.11. The minimum atomic E-state index is 0. The molecule has 7 heteroatoms. The van der Waals surface area contributed by atoms with Crippen LogP contribution in [0.3, 0.4) is 0 Å². The third-order valence-electron chi connectivity index (χ3n) is 3.15. The molecule has 23 heavy (non-hydrogen) atoms. The Balaban J connectivity index is 0.00000264. The van der Waals surface area contributed by atoms with E-state index in [1.54, 1.807) is 6.20 Å². The van der Waals surface area contributed by atoms with E-state index in [0.29, 0.717) is 6.54 Å². The highest BCUT2D eigenvalue weighted by Crippen LogP contribution is 2.15. The molecule has 0 aliphatic heterocycles. The van der Waals surface area contributed by atoms with Gasteiger partial charge in [-0.2, -0.15) is 5.10 Å². The predicted octanol–water partition coefficient (Wildman–Crippen LogP) is 2.95. The first-order chi connectivity index (χ1) is 10.8. The lowest BCUT2D eigenvalue weighted by Crippen LogP contribution is -2.39. The van der Waals surface area contributed by atoms with Crippen molar-refractivity contribution in [2.24, 2.45) is 4.99 Å². The Kier molecular flexibility index (Phi) is 9.70. The van der Waals surface area contributed by atoms with Crippen LogP contribution in [0.1, 0.15) is 12.5 Å². The molecule has 0 bridgehead atoms. The van der Waals surface area contributed by atoms with Crippen molar-refractivity contribution in [3.05, 3.63) is 53.3 Å². The van der Waals surface area contributed by atoms with Crippen molar-refractivity contribution in [3.63, 3.8) is 0 Å². The molecule has 0 saturated heterocycles. The van der Waals surface area contributed by atoms with Gasteiger partial charge in [-0.3, -0.25) is 9.67 Å². The molecule has 0 amide bonds. The number of hydrogen-bond acceptors (Lipinski definition) is 2. The van der Waals surface area contributed by atoms with Crippen molar-refractivity contribution in [2.45, 2.75) is 19.9 Å². The van der Waals surface area contributed by atoms with Gasteiger partial charge in [0.2, 0.25) is 0 Å². The quantitative estimate of drug-likeness (QED) is 0.390. The Bertz CT molecular complexity index is 586. The maximum absolute atomic E-state index is 6.15. The SMILES string of the molecule is CCNC(=NCCc1ccccc1Cl)NCCn1cccn1.I. The molecule has 126 valence electrons. The monoisotopic (exact) mass is 447 g/mol. The van der Waals surface area contributed by atoms with E-state index in [4.69, 9.17) is 11.6 Å². The third-order valence-corrected chi connectivity index (χ3v) is 3.51. The summed E-state index contributed by atoms with van der Waals surface area (Å²) in [6.07, 6.45) is 4.56. The number of guanidine groups is 1. The summed E-state index contributed by atoms with van der Waals surface area (Å²) in [6, 6.07) is 9.81. The second kappa shape index (κ2) is 11.3. The number of hydrogen-bond donors (Lipinski definition) is 2. The topological polar surface area (TPSA) is 54.2 Å². The number of aliphatic imine (C=N–C) groups is 1. The molecule has 5 nitrogen and oxygen atoms in total. The van der Waals surface area contributed by atoms with E-state index < -0.39 is 0 Å². The van der Waals surface area contributed by atoms with Crippen molar-refractivity contribution < 1.29 is 0 Å². The minimum absolute atomic E-state index is 0. The summed E-state index contributed by atoms with van der Waals surface area (Å²) in [5.74, 6) is 0.821. The molecule has 0 saturated carbocycles. The second-order valence-corrected chi connectivity index (χ2v) is 5.21. The fourth-order valence-electron chi connectivity index (χ4n) is 2.05. The summed E-state index contributed by atoms with van der Waals surface area (Å²) in [7, 11) is 0. The van der Waals surface area contributed by atoms with Crippen molar-refractivity contribution in [1.82, 2.24) is 20.4 Å². The molecular weight excluding hydrogens is 425 g/mol. The van der Waals surface area contributed by atoms with Crippen LogP contribution in [0.2, 0.25) is 5.02 Å². The van der Waals surface area contributed by atoms with Crippen LogP contribution in [0.15, 0.2) is 47.7 Å². The zero-order chi connectivity index (χ0) is 15.6. The van der Waals surface area contributed by atoms with Crippen LogP contribution in [-0.4, -0.2) is 35.4 Å². The molecule has 0 spiro atoms. The molecule has 1 aromatic heterocycles. The fraction of sp³-hybridized carbons (Fsp3) is 0.375. The van der Waals surface area contributed by atoms with E-state index in [1.807, 2.05) is 41.2 Å². The maximum atomic E-state index is 6.15. The van der Waals surface area contributed by atoms with Gasteiger partial charge in [-0.25, -0.2) is 0 Å². The van der Waals surface area contributed by atoms with Gasteiger partial charge in [0, 0.05) is 37.1 Å². The molecule has 0 fully saturated rings. The highest BCUT2D eigenvalue weighted by molar-refractivity contribution is 14.0. The normalized spacial score (nSPS) is 11.0. The molecule has 2 aromatic rings. The summed E-state index contributed by atoms with van der Waals surface area (Å²) >= 11 is 6.15. The second-order valence-electron chi connectivity index (χ2n) is 4.80. The van der Waals surface area contributed by atoms with E-state index in [0.717, 1.165) is 42.6 Å². The number of nitrogens with zero attached hydrogens (tertiary/aromatic N) is 3. The van der Waals surface area contributed by atoms with Gasteiger partial charge in [0.25, 0.3) is 0 Å². The number of benzene rings is 1. The highest BCUT2D eigenvalue weighted by atomic mass is 127. The molecule has 0 aliphatic carbocycles. The number of nitrogens with one attached hydrogen (secondary N) is 2. The summed E-state index contributed by atoms with van der Waals surface area (Å²) in [5, 5.41) is 11.5. The lowest BCUT2D eigenvalue weighted by atomic mass is 10.1. The average Bonchev–Trinajstić information content (AvgIpc) is 3.02. The summed E-state index contributed by atoms with van der Waals surface area (Å²) < 4.78 is 1.89. The third kappa shape index (κ3) is 7.22. The minimum Gasteiger partial charge on any atom is -0.357 e. The number of halogens is 2. The van der Waals surface area contributed by atoms with Crippen LogP contribution in [0.5, 0.6) is 0 Å². The van der Waals surface area contributed by atoms with Gasteiger partial charge in [-0.1, -0.05) is 29.8 Å². The molecule has 0 unspecified atom stereocenters. The molecule has 2 rings (SSSR count). The van der Waals surface area contributed by atoms with E-state index in [2.05, 4.69) is 27.6 Å². The van der Waals surface area contributed by atoms with E-state index in [-0.39, 0.29) is 24.0 Å². The van der Waals surface area contributed by atoms with E-state index >= 15 is 0 Å². The zero-order valence-corrected chi connectivity index (χ0v) is 16.3. The summed E-state index contributed by atoms with van der Waals surface area (Å²) in [6.45, 7) is 5.17. The molecule has 0 radical (unpaired) electrons.